The smallest absolute Gasteiger partial charge is 0.295 e. The largest absolute Gasteiger partial charge is 0.507 e. The fourth-order valence-corrected chi connectivity index (χ4v) is 4.30. The van der Waals surface area contributed by atoms with E-state index in [9.17, 15) is 14.7 Å². The Morgan fingerprint density at radius 3 is 2.62 bits per heavy atom. The van der Waals surface area contributed by atoms with Crippen LogP contribution >= 0.6 is 0 Å². The highest BCUT2D eigenvalue weighted by Crippen LogP contribution is 2.41. The molecule has 2 aromatic carbocycles. The Labute approximate surface area is 188 Å². The average molecular weight is 436 g/mol. The lowest BCUT2D eigenvalue weighted by molar-refractivity contribution is -0.139. The zero-order chi connectivity index (χ0) is 22.8. The van der Waals surface area contributed by atoms with Crippen molar-refractivity contribution >= 4 is 23.1 Å². The van der Waals surface area contributed by atoms with E-state index >= 15 is 0 Å². The van der Waals surface area contributed by atoms with Gasteiger partial charge in [0, 0.05) is 19.2 Å². The molecule has 1 unspecified atom stereocenters. The van der Waals surface area contributed by atoms with Crippen molar-refractivity contribution in [1.82, 2.24) is 9.80 Å². The van der Waals surface area contributed by atoms with E-state index in [1.807, 2.05) is 67.3 Å². The molecule has 0 bridgehead atoms. The van der Waals surface area contributed by atoms with E-state index < -0.39 is 17.7 Å². The normalized spacial score (nSPS) is 19.9. The van der Waals surface area contributed by atoms with Crippen LogP contribution in [0.5, 0.6) is 5.75 Å². The maximum atomic E-state index is 13.1. The summed E-state index contributed by atoms with van der Waals surface area (Å²) in [5.74, 6) is -0.644. The van der Waals surface area contributed by atoms with Crippen molar-refractivity contribution in [1.29, 1.82) is 0 Å². The van der Waals surface area contributed by atoms with Crippen molar-refractivity contribution in [3.05, 3.63) is 65.2 Å². The van der Waals surface area contributed by atoms with Gasteiger partial charge >= 0.3 is 0 Å². The number of amides is 1. The third kappa shape index (κ3) is 4.08. The lowest BCUT2D eigenvalue weighted by Crippen LogP contribution is -2.32. The van der Waals surface area contributed by atoms with Crippen LogP contribution < -0.4 is 9.64 Å². The highest BCUT2D eigenvalue weighted by molar-refractivity contribution is 6.46. The highest BCUT2D eigenvalue weighted by Gasteiger charge is 2.45. The predicted molar refractivity (Wildman–Crippen MR) is 124 cm³/mol. The van der Waals surface area contributed by atoms with E-state index in [1.54, 1.807) is 17.0 Å². The highest BCUT2D eigenvalue weighted by atomic mass is 16.5. The van der Waals surface area contributed by atoms with Gasteiger partial charge in [-0.3, -0.25) is 9.59 Å². The Kier molecular flexibility index (Phi) is 6.19. The summed E-state index contributed by atoms with van der Waals surface area (Å²) in [5, 5.41) is 11.3. The van der Waals surface area contributed by atoms with Gasteiger partial charge in [-0.25, -0.2) is 0 Å². The molecule has 0 saturated carbocycles. The first kappa shape index (κ1) is 21.9. The number of aliphatic hydroxyl groups is 1. The van der Waals surface area contributed by atoms with Gasteiger partial charge < -0.3 is 24.5 Å². The van der Waals surface area contributed by atoms with Gasteiger partial charge in [0.15, 0.2) is 0 Å². The molecule has 2 heterocycles. The Bertz CT molecular complexity index is 1050. The Balaban J connectivity index is 1.78. The molecule has 1 amide bonds. The van der Waals surface area contributed by atoms with Crippen LogP contribution in [0.2, 0.25) is 0 Å². The molecular weight excluding hydrogens is 406 g/mol. The number of rotatable bonds is 6. The van der Waals surface area contributed by atoms with Crippen LogP contribution in [-0.4, -0.2) is 74.0 Å². The third-order valence-electron chi connectivity index (χ3n) is 5.99. The first-order valence-corrected chi connectivity index (χ1v) is 10.8. The lowest BCUT2D eigenvalue weighted by Gasteiger charge is -2.28. The molecule has 1 N–H and O–H groups in total. The van der Waals surface area contributed by atoms with Crippen molar-refractivity contribution in [2.75, 3.05) is 52.3 Å². The molecule has 0 spiro atoms. The van der Waals surface area contributed by atoms with Crippen molar-refractivity contribution in [3.8, 4) is 5.75 Å². The maximum absolute atomic E-state index is 13.1. The number of hydrogen-bond acceptors (Lipinski definition) is 6. The molecule has 0 aliphatic carbocycles. The molecule has 32 heavy (non-hydrogen) atoms. The monoisotopic (exact) mass is 435 g/mol. The van der Waals surface area contributed by atoms with Crippen LogP contribution in [0, 0.1) is 0 Å². The van der Waals surface area contributed by atoms with E-state index in [-0.39, 0.29) is 11.3 Å². The molecule has 4 rings (SSSR count). The van der Waals surface area contributed by atoms with Crippen LogP contribution in [0.3, 0.4) is 0 Å². The van der Waals surface area contributed by atoms with Crippen LogP contribution in [0.1, 0.15) is 23.6 Å². The van der Waals surface area contributed by atoms with Gasteiger partial charge in [0.1, 0.15) is 18.1 Å². The number of fused-ring (bicyclic) bond motifs is 1. The maximum Gasteiger partial charge on any atom is 0.295 e. The Morgan fingerprint density at radius 2 is 1.91 bits per heavy atom. The summed E-state index contributed by atoms with van der Waals surface area (Å²) < 4.78 is 5.69. The number of hydrogen-bond donors (Lipinski definition) is 1. The van der Waals surface area contributed by atoms with Crippen molar-refractivity contribution in [2.45, 2.75) is 12.5 Å². The lowest BCUT2D eigenvalue weighted by atomic mass is 9.95. The number of likely N-dealkylation sites (N-methyl/N-ethyl adjacent to an activating group) is 1. The second-order valence-electron chi connectivity index (χ2n) is 8.51. The number of aliphatic hydroxyl groups excluding tert-OH is 1. The summed E-state index contributed by atoms with van der Waals surface area (Å²) in [6, 6.07) is 14.1. The molecule has 2 aliphatic rings. The first-order valence-electron chi connectivity index (χ1n) is 10.8. The number of nitrogens with zero attached hydrogens (tertiary/aromatic N) is 3. The molecule has 168 valence electrons. The molecular formula is C25H29N3O4. The third-order valence-corrected chi connectivity index (χ3v) is 5.99. The second-order valence-corrected chi connectivity index (χ2v) is 8.51. The van der Waals surface area contributed by atoms with Crippen molar-refractivity contribution in [3.63, 3.8) is 0 Å². The summed E-state index contributed by atoms with van der Waals surface area (Å²) in [6.07, 6.45) is 0.727. The van der Waals surface area contributed by atoms with Crippen molar-refractivity contribution in [2.24, 2.45) is 0 Å². The fraction of sp³-hybridized carbons (Fsp3) is 0.360. The number of anilines is 1. The van der Waals surface area contributed by atoms with E-state index in [0.29, 0.717) is 18.7 Å². The van der Waals surface area contributed by atoms with Gasteiger partial charge in [-0.2, -0.15) is 0 Å². The molecule has 1 saturated heterocycles. The van der Waals surface area contributed by atoms with E-state index in [2.05, 4.69) is 0 Å². The van der Waals surface area contributed by atoms with Gasteiger partial charge in [0.05, 0.1) is 23.8 Å². The zero-order valence-corrected chi connectivity index (χ0v) is 18.7. The average Bonchev–Trinajstić information content (AvgIpc) is 3.04. The minimum absolute atomic E-state index is 0.130. The minimum Gasteiger partial charge on any atom is -0.507 e. The minimum atomic E-state index is -0.650. The van der Waals surface area contributed by atoms with Gasteiger partial charge in [0.25, 0.3) is 11.7 Å². The van der Waals surface area contributed by atoms with Crippen LogP contribution in [0.4, 0.5) is 5.69 Å². The summed E-state index contributed by atoms with van der Waals surface area (Å²) in [5.41, 5.74) is 2.27. The number of Topliss-reactive ketones (excluding diaryl/α,β-unsaturated/α-hetero) is 1. The Morgan fingerprint density at radius 1 is 1.16 bits per heavy atom. The number of carbonyl (C=O) groups is 2. The summed E-state index contributed by atoms with van der Waals surface area (Å²) in [6.45, 7) is 2.56. The van der Waals surface area contributed by atoms with Crippen LogP contribution in [-0.2, 0) is 9.59 Å². The molecule has 7 heteroatoms. The molecule has 7 nitrogen and oxygen atoms in total. The number of benzene rings is 2. The standard InChI is InChI=1S/C25H29N3O4/c1-26(2)12-7-13-28-22(17-8-5-4-6-9-17)21(24(30)25(28)31)23(29)18-10-11-20-19(16-18)27(3)14-15-32-20/h4-6,8-11,16,22,29H,7,12-15H2,1-3H3/b23-21-. The topological polar surface area (TPSA) is 73.3 Å². The molecule has 0 aromatic heterocycles. The fourth-order valence-electron chi connectivity index (χ4n) is 4.30. The van der Waals surface area contributed by atoms with Crippen LogP contribution in [0.15, 0.2) is 54.1 Å². The zero-order valence-electron chi connectivity index (χ0n) is 18.7. The number of ether oxygens (including phenoxy) is 1. The summed E-state index contributed by atoms with van der Waals surface area (Å²) >= 11 is 0. The van der Waals surface area contributed by atoms with Gasteiger partial charge in [-0.15, -0.1) is 0 Å². The van der Waals surface area contributed by atoms with E-state index in [1.165, 1.54) is 0 Å². The number of carbonyl (C=O) groups excluding carboxylic acids is 2. The van der Waals surface area contributed by atoms with E-state index in [0.717, 1.165) is 36.5 Å². The summed E-state index contributed by atoms with van der Waals surface area (Å²) in [4.78, 5) is 31.8. The van der Waals surface area contributed by atoms with Gasteiger partial charge in [-0.05, 0) is 50.8 Å². The quantitative estimate of drug-likeness (QED) is 0.427. The molecule has 2 aliphatic heterocycles. The van der Waals surface area contributed by atoms with Gasteiger partial charge in [-0.1, -0.05) is 30.3 Å². The molecule has 0 radical (unpaired) electrons. The predicted octanol–water partition coefficient (Wildman–Crippen LogP) is 2.89. The molecule has 1 atom stereocenters. The molecule has 1 fully saturated rings. The van der Waals surface area contributed by atoms with Gasteiger partial charge in [0.2, 0.25) is 0 Å². The SMILES string of the molecule is CN(C)CCCN1C(=O)C(=O)/C(=C(\O)c2ccc3c(c2)N(C)CCO3)C1c1ccccc1. The summed E-state index contributed by atoms with van der Waals surface area (Å²) in [7, 11) is 5.90. The second kappa shape index (κ2) is 9.04. The Hall–Kier alpha value is -3.32. The first-order chi connectivity index (χ1) is 15.4. The van der Waals surface area contributed by atoms with Crippen molar-refractivity contribution < 1.29 is 19.4 Å². The van der Waals surface area contributed by atoms with E-state index in [4.69, 9.17) is 4.74 Å². The molecule has 2 aromatic rings. The number of ketones is 1. The number of likely N-dealkylation sites (tertiary alicyclic amines) is 1. The van der Waals surface area contributed by atoms with Crippen LogP contribution in [0.25, 0.3) is 5.76 Å².